The lowest BCUT2D eigenvalue weighted by molar-refractivity contribution is 0.189. The van der Waals surface area contributed by atoms with E-state index in [4.69, 9.17) is 14.7 Å². The van der Waals surface area contributed by atoms with Gasteiger partial charge in [0, 0.05) is 63.2 Å². The number of benzene rings is 1. The van der Waals surface area contributed by atoms with E-state index in [0.717, 1.165) is 69.1 Å². The molecule has 2 aromatic heterocycles. The van der Waals surface area contributed by atoms with Crippen LogP contribution in [0.1, 0.15) is 26.3 Å². The van der Waals surface area contributed by atoms with Gasteiger partial charge in [0.25, 0.3) is 0 Å². The predicted octanol–water partition coefficient (Wildman–Crippen LogP) is 3.54. The van der Waals surface area contributed by atoms with Gasteiger partial charge in [0.05, 0.1) is 6.33 Å². The Labute approximate surface area is 207 Å². The summed E-state index contributed by atoms with van der Waals surface area (Å²) in [6, 6.07) is 9.17. The quantitative estimate of drug-likeness (QED) is 0.495. The SMILES string of the molecule is C=CCN1CC[C@@H](Oc2nc(Nc3ccc(N4CCN(C)CC4)cc3)c3ncn(C(C)C)c3n2)C1. The Bertz CT molecular complexity index is 1150. The second-order valence-electron chi connectivity index (χ2n) is 9.81. The molecule has 0 radical (unpaired) electrons. The van der Waals surface area contributed by atoms with Crippen molar-refractivity contribution in [3.63, 3.8) is 0 Å². The standard InChI is InChI=1S/C26H36N8O/c1-5-11-32-12-10-22(17-32)35-26-29-24(23-25(30-26)34(18-27-23)19(2)3)28-20-6-8-21(9-7-20)33-15-13-31(4)14-16-33/h5-9,18-19,22H,1,10-17H2,2-4H3,(H,28,29,30)/t22-/m1/s1. The van der Waals surface area contributed by atoms with Gasteiger partial charge in [-0.15, -0.1) is 6.58 Å². The number of imidazole rings is 1. The number of rotatable bonds is 8. The fraction of sp³-hybridized carbons (Fsp3) is 0.500. The molecule has 35 heavy (non-hydrogen) atoms. The van der Waals surface area contributed by atoms with Crippen molar-refractivity contribution in [3.8, 4) is 6.01 Å². The van der Waals surface area contributed by atoms with Gasteiger partial charge in [0.15, 0.2) is 17.0 Å². The molecule has 2 aliphatic heterocycles. The van der Waals surface area contributed by atoms with Crippen molar-refractivity contribution in [2.24, 2.45) is 0 Å². The number of aromatic nitrogens is 4. The van der Waals surface area contributed by atoms with Crippen LogP contribution in [0.4, 0.5) is 17.2 Å². The van der Waals surface area contributed by atoms with Crippen LogP contribution in [-0.4, -0.2) is 88.3 Å². The third kappa shape index (κ3) is 5.26. The van der Waals surface area contributed by atoms with Crippen LogP contribution in [0, 0.1) is 0 Å². The molecule has 3 aromatic rings. The average molecular weight is 477 g/mol. The maximum atomic E-state index is 6.26. The Morgan fingerprint density at radius 3 is 2.60 bits per heavy atom. The van der Waals surface area contributed by atoms with Crippen molar-refractivity contribution in [2.45, 2.75) is 32.4 Å². The molecule has 9 heteroatoms. The molecule has 1 atom stereocenters. The Balaban J connectivity index is 1.38. The highest BCUT2D eigenvalue weighted by Gasteiger charge is 2.25. The zero-order chi connectivity index (χ0) is 24.4. The zero-order valence-corrected chi connectivity index (χ0v) is 21.0. The van der Waals surface area contributed by atoms with Crippen LogP contribution in [0.3, 0.4) is 0 Å². The molecule has 1 aromatic carbocycles. The fourth-order valence-electron chi connectivity index (χ4n) is 4.76. The number of nitrogens with zero attached hydrogens (tertiary/aromatic N) is 7. The van der Waals surface area contributed by atoms with E-state index in [1.807, 2.05) is 12.4 Å². The summed E-state index contributed by atoms with van der Waals surface area (Å²) in [5.41, 5.74) is 3.73. The first-order valence-electron chi connectivity index (χ1n) is 12.5. The molecular weight excluding hydrogens is 440 g/mol. The van der Waals surface area contributed by atoms with Crippen LogP contribution in [0.25, 0.3) is 11.2 Å². The molecule has 4 heterocycles. The highest BCUT2D eigenvalue weighted by atomic mass is 16.5. The van der Waals surface area contributed by atoms with Crippen molar-refractivity contribution in [1.82, 2.24) is 29.3 Å². The normalized spacial score (nSPS) is 19.5. The Morgan fingerprint density at radius 2 is 1.89 bits per heavy atom. The van der Waals surface area contributed by atoms with Gasteiger partial charge in [-0.05, 0) is 51.6 Å². The first-order valence-corrected chi connectivity index (χ1v) is 12.5. The lowest BCUT2D eigenvalue weighted by atomic mass is 10.2. The van der Waals surface area contributed by atoms with Crippen LogP contribution in [0.5, 0.6) is 6.01 Å². The van der Waals surface area contributed by atoms with Crippen LogP contribution in [0.2, 0.25) is 0 Å². The summed E-state index contributed by atoms with van der Waals surface area (Å²) in [7, 11) is 2.18. The summed E-state index contributed by atoms with van der Waals surface area (Å²) in [5.74, 6) is 0.665. The molecule has 2 fully saturated rings. The van der Waals surface area contributed by atoms with Gasteiger partial charge in [0.1, 0.15) is 6.10 Å². The molecule has 2 aliphatic rings. The first-order chi connectivity index (χ1) is 17.0. The van der Waals surface area contributed by atoms with Gasteiger partial charge < -0.3 is 24.4 Å². The van der Waals surface area contributed by atoms with E-state index in [0.29, 0.717) is 11.8 Å². The van der Waals surface area contributed by atoms with Crippen molar-refractivity contribution in [2.75, 3.05) is 63.1 Å². The number of hydrogen-bond donors (Lipinski definition) is 1. The summed E-state index contributed by atoms with van der Waals surface area (Å²) in [4.78, 5) is 21.3. The zero-order valence-electron chi connectivity index (χ0n) is 21.0. The molecule has 0 unspecified atom stereocenters. The second kappa shape index (κ2) is 10.2. The van der Waals surface area contributed by atoms with E-state index in [1.54, 1.807) is 0 Å². The fourth-order valence-corrected chi connectivity index (χ4v) is 4.76. The molecular formula is C26H36N8O. The van der Waals surface area contributed by atoms with E-state index in [2.05, 4.69) is 81.3 Å². The minimum Gasteiger partial charge on any atom is -0.459 e. The second-order valence-corrected chi connectivity index (χ2v) is 9.81. The molecule has 1 N–H and O–H groups in total. The Morgan fingerprint density at radius 1 is 1.11 bits per heavy atom. The number of piperazine rings is 1. The molecule has 0 bridgehead atoms. The number of hydrogen-bond acceptors (Lipinski definition) is 8. The van der Waals surface area contributed by atoms with Gasteiger partial charge in [-0.3, -0.25) is 4.90 Å². The van der Waals surface area contributed by atoms with Gasteiger partial charge in [0.2, 0.25) is 0 Å². The number of anilines is 3. The summed E-state index contributed by atoms with van der Waals surface area (Å²) in [6.07, 6.45) is 4.79. The number of likely N-dealkylation sites (tertiary alicyclic amines) is 1. The van der Waals surface area contributed by atoms with Crippen molar-refractivity contribution in [1.29, 1.82) is 0 Å². The third-order valence-electron chi connectivity index (χ3n) is 6.84. The van der Waals surface area contributed by atoms with E-state index >= 15 is 0 Å². The molecule has 0 saturated carbocycles. The molecule has 2 saturated heterocycles. The number of nitrogens with one attached hydrogen (secondary N) is 1. The molecule has 0 aliphatic carbocycles. The number of ether oxygens (including phenoxy) is 1. The lowest BCUT2D eigenvalue weighted by Crippen LogP contribution is -2.44. The summed E-state index contributed by atoms with van der Waals surface area (Å²) in [6.45, 7) is 15.1. The topological polar surface area (TPSA) is 74.6 Å². The summed E-state index contributed by atoms with van der Waals surface area (Å²) >= 11 is 0. The van der Waals surface area contributed by atoms with E-state index in [9.17, 15) is 0 Å². The van der Waals surface area contributed by atoms with E-state index in [-0.39, 0.29) is 12.1 Å². The van der Waals surface area contributed by atoms with Crippen molar-refractivity contribution < 1.29 is 4.74 Å². The average Bonchev–Trinajstić information content (AvgIpc) is 3.47. The van der Waals surface area contributed by atoms with Gasteiger partial charge in [-0.1, -0.05) is 6.08 Å². The van der Waals surface area contributed by atoms with E-state index in [1.165, 1.54) is 5.69 Å². The van der Waals surface area contributed by atoms with Crippen LogP contribution >= 0.6 is 0 Å². The first kappa shape index (κ1) is 23.6. The third-order valence-corrected chi connectivity index (χ3v) is 6.84. The maximum Gasteiger partial charge on any atom is 0.320 e. The smallest absolute Gasteiger partial charge is 0.320 e. The minimum absolute atomic E-state index is 0.0681. The number of likely N-dealkylation sites (N-methyl/N-ethyl adjacent to an activating group) is 1. The maximum absolute atomic E-state index is 6.26. The number of fused-ring (bicyclic) bond motifs is 1. The van der Waals surface area contributed by atoms with Crippen LogP contribution in [-0.2, 0) is 0 Å². The van der Waals surface area contributed by atoms with Crippen LogP contribution < -0.4 is 15.0 Å². The molecule has 0 amide bonds. The van der Waals surface area contributed by atoms with E-state index < -0.39 is 0 Å². The summed E-state index contributed by atoms with van der Waals surface area (Å²) in [5, 5.41) is 3.47. The largest absolute Gasteiger partial charge is 0.459 e. The molecule has 9 nitrogen and oxygen atoms in total. The van der Waals surface area contributed by atoms with Crippen molar-refractivity contribution >= 4 is 28.4 Å². The Hall–Kier alpha value is -3.17. The molecule has 0 spiro atoms. The van der Waals surface area contributed by atoms with Crippen LogP contribution in [0.15, 0.2) is 43.2 Å². The molecule has 186 valence electrons. The Kier molecular flexibility index (Phi) is 6.88. The van der Waals surface area contributed by atoms with Gasteiger partial charge in [-0.25, -0.2) is 4.98 Å². The van der Waals surface area contributed by atoms with Crippen molar-refractivity contribution in [3.05, 3.63) is 43.2 Å². The monoisotopic (exact) mass is 476 g/mol. The molecule has 5 rings (SSSR count). The lowest BCUT2D eigenvalue weighted by Gasteiger charge is -2.34. The minimum atomic E-state index is 0.0681. The van der Waals surface area contributed by atoms with Gasteiger partial charge in [-0.2, -0.15) is 9.97 Å². The summed E-state index contributed by atoms with van der Waals surface area (Å²) < 4.78 is 8.32. The van der Waals surface area contributed by atoms with Gasteiger partial charge >= 0.3 is 6.01 Å². The predicted molar refractivity (Wildman–Crippen MR) is 141 cm³/mol. The highest BCUT2D eigenvalue weighted by molar-refractivity contribution is 5.86. The highest BCUT2D eigenvalue weighted by Crippen LogP contribution is 2.29.